The fraction of sp³-hybridized carbons (Fsp3) is 0.938. The third kappa shape index (κ3) is 9.35. The fourth-order valence-corrected chi connectivity index (χ4v) is 12.4. The highest BCUT2D eigenvalue weighted by molar-refractivity contribution is 5.82. The molecule has 0 N–H and O–H groups in total. The normalized spacial score (nSPS) is 36.7. The molecule has 0 aromatic rings. The molecular weight excluding hydrogens is 725 g/mol. The van der Waals surface area contributed by atoms with Crippen molar-refractivity contribution in [2.24, 2.45) is 28.6 Å². The molecule has 11 rings (SSSR count). The fourth-order valence-electron chi connectivity index (χ4n) is 12.4. The van der Waals surface area contributed by atoms with E-state index in [9.17, 15) is 14.4 Å². The molecule has 0 aromatic heterocycles. The Balaban J connectivity index is 0.000000133. The average molecular weight is 809 g/mol. The smallest absolute Gasteiger partial charge is 0.226 e. The predicted molar refractivity (Wildman–Crippen MR) is 232 cm³/mol. The van der Waals surface area contributed by atoms with Gasteiger partial charge >= 0.3 is 0 Å². The number of likely N-dealkylation sites (tertiary alicyclic amines) is 2. The second kappa shape index (κ2) is 17.6. The van der Waals surface area contributed by atoms with Gasteiger partial charge in [0.2, 0.25) is 17.7 Å². The third-order valence-corrected chi connectivity index (χ3v) is 16.6. The molecule has 3 saturated carbocycles. The number of piperazine rings is 3. The molecule has 0 spiro atoms. The summed E-state index contributed by atoms with van der Waals surface area (Å²) in [5.74, 6) is 2.21. The molecule has 11 aliphatic rings. The molecule has 0 aromatic carbocycles. The van der Waals surface area contributed by atoms with Gasteiger partial charge in [0.05, 0.1) is 6.10 Å². The number of methoxy groups -OCH3 is 1. The van der Waals surface area contributed by atoms with Crippen LogP contribution in [0.5, 0.6) is 0 Å². The molecule has 3 amide bonds. The number of amides is 3. The van der Waals surface area contributed by atoms with Crippen LogP contribution in [0, 0.1) is 28.6 Å². The molecule has 8 saturated heterocycles. The number of ether oxygens (including phenoxy) is 1. The molecule has 6 bridgehead atoms. The highest BCUT2D eigenvalue weighted by Crippen LogP contribution is 2.44. The van der Waals surface area contributed by atoms with E-state index in [1.165, 1.54) is 44.9 Å². The zero-order chi connectivity index (χ0) is 41.8. The zero-order valence-electron chi connectivity index (χ0n) is 38.8. The van der Waals surface area contributed by atoms with E-state index in [-0.39, 0.29) is 5.92 Å². The maximum absolute atomic E-state index is 12.9. The lowest BCUT2D eigenvalue weighted by Crippen LogP contribution is -2.72. The largest absolute Gasteiger partial charge is 0.381 e. The lowest BCUT2D eigenvalue weighted by atomic mass is 9.71. The summed E-state index contributed by atoms with van der Waals surface area (Å²) in [4.78, 5) is 52.3. The second-order valence-corrected chi connectivity index (χ2v) is 22.9. The molecule has 8 aliphatic heterocycles. The molecular formula is C48H84N6O4. The van der Waals surface area contributed by atoms with Crippen LogP contribution in [0.4, 0.5) is 0 Å². The van der Waals surface area contributed by atoms with Crippen LogP contribution in [0.25, 0.3) is 0 Å². The molecule has 3 aliphatic carbocycles. The highest BCUT2D eigenvalue weighted by atomic mass is 16.5. The first-order valence-electron chi connectivity index (χ1n) is 24.1. The van der Waals surface area contributed by atoms with Gasteiger partial charge in [0.25, 0.3) is 0 Å². The molecule has 11 fully saturated rings. The number of carbonyl (C=O) groups is 3. The van der Waals surface area contributed by atoms with E-state index in [0.29, 0.717) is 101 Å². The van der Waals surface area contributed by atoms with Gasteiger partial charge < -0.3 is 19.4 Å². The van der Waals surface area contributed by atoms with E-state index in [1.54, 1.807) is 7.11 Å². The van der Waals surface area contributed by atoms with Crippen LogP contribution in [-0.4, -0.2) is 154 Å². The van der Waals surface area contributed by atoms with E-state index in [2.05, 4.69) is 98.6 Å². The van der Waals surface area contributed by atoms with Crippen LogP contribution < -0.4 is 0 Å². The van der Waals surface area contributed by atoms with E-state index in [4.69, 9.17) is 4.74 Å². The SMILES string of the molecule is CC(C)N1CC2CC(C1)N2C(=O)C1CCC(C)(C)CC1.CC(C)N1CC2CC(C1)N2C(=O)C1CCCC(C)(C)C1.COC1CC(C(=O)N2C3CC2CN(C(C)C)C3)C1. The Labute approximate surface area is 353 Å². The standard InChI is InChI=1S/2C17H30N2O.C14H24N2O2/c1-12(2)18-10-14-9-15(11-18)19(14)16(20)13-5-7-17(3,4)8-6-13;1-12(2)18-10-14-8-15(11-18)19(14)16(20)13-6-5-7-17(3,4)9-13;1-9(2)15-7-11-6-12(8-15)16(11)14(17)10-4-13(5-10)18-3/h2*12-15H,5-11H2,1-4H3;9-13H,4-8H2,1-3H3. The number of carbonyl (C=O) groups excluding carboxylic acids is 3. The Bertz CT molecular complexity index is 1410. The van der Waals surface area contributed by atoms with Crippen molar-refractivity contribution in [3.8, 4) is 0 Å². The monoisotopic (exact) mass is 809 g/mol. The summed E-state index contributed by atoms with van der Waals surface area (Å²) in [6, 6.07) is 4.85. The summed E-state index contributed by atoms with van der Waals surface area (Å²) in [6.45, 7) is 29.4. The van der Waals surface area contributed by atoms with E-state index >= 15 is 0 Å². The molecule has 330 valence electrons. The molecule has 0 radical (unpaired) electrons. The van der Waals surface area contributed by atoms with Crippen LogP contribution in [0.15, 0.2) is 0 Å². The number of hydrogen-bond acceptors (Lipinski definition) is 7. The maximum Gasteiger partial charge on any atom is 0.226 e. The summed E-state index contributed by atoms with van der Waals surface area (Å²) >= 11 is 0. The van der Waals surface area contributed by atoms with Crippen molar-refractivity contribution < 1.29 is 19.1 Å². The minimum absolute atomic E-state index is 0.242. The van der Waals surface area contributed by atoms with Gasteiger partial charge in [-0.25, -0.2) is 0 Å². The molecule has 7 unspecified atom stereocenters. The first kappa shape index (κ1) is 44.3. The quantitative estimate of drug-likeness (QED) is 0.277. The molecule has 7 atom stereocenters. The van der Waals surface area contributed by atoms with Crippen LogP contribution in [0.1, 0.15) is 153 Å². The van der Waals surface area contributed by atoms with Crippen molar-refractivity contribution in [2.75, 3.05) is 46.4 Å². The minimum atomic E-state index is 0.242. The summed E-state index contributed by atoms with van der Waals surface area (Å²) in [5.41, 5.74) is 0.818. The van der Waals surface area contributed by atoms with E-state index in [1.807, 2.05) is 0 Å². The van der Waals surface area contributed by atoms with Gasteiger partial charge in [-0.3, -0.25) is 29.1 Å². The summed E-state index contributed by atoms with van der Waals surface area (Å²) in [7, 11) is 1.74. The van der Waals surface area contributed by atoms with Crippen molar-refractivity contribution >= 4 is 17.7 Å². The summed E-state index contributed by atoms with van der Waals surface area (Å²) in [5, 5.41) is 0. The van der Waals surface area contributed by atoms with Crippen LogP contribution in [-0.2, 0) is 19.1 Å². The van der Waals surface area contributed by atoms with Gasteiger partial charge in [-0.05, 0) is 129 Å². The molecule has 58 heavy (non-hydrogen) atoms. The number of nitrogens with zero attached hydrogens (tertiary/aromatic N) is 6. The second-order valence-electron chi connectivity index (χ2n) is 22.9. The van der Waals surface area contributed by atoms with Crippen molar-refractivity contribution in [3.05, 3.63) is 0 Å². The van der Waals surface area contributed by atoms with Crippen molar-refractivity contribution in [2.45, 2.75) is 213 Å². The Kier molecular flexibility index (Phi) is 13.4. The van der Waals surface area contributed by atoms with Gasteiger partial charge in [0.15, 0.2) is 0 Å². The van der Waals surface area contributed by atoms with Crippen LogP contribution in [0.2, 0.25) is 0 Å². The number of piperidine rings is 3. The van der Waals surface area contributed by atoms with E-state index < -0.39 is 0 Å². The van der Waals surface area contributed by atoms with Crippen molar-refractivity contribution in [1.82, 2.24) is 29.4 Å². The third-order valence-electron chi connectivity index (χ3n) is 16.6. The Morgan fingerprint density at radius 1 is 0.483 bits per heavy atom. The lowest BCUT2D eigenvalue weighted by molar-refractivity contribution is -0.167. The maximum atomic E-state index is 12.9. The first-order valence-corrected chi connectivity index (χ1v) is 24.1. The first-order chi connectivity index (χ1) is 27.3. The molecule has 10 nitrogen and oxygen atoms in total. The van der Waals surface area contributed by atoms with Gasteiger partial charge in [-0.15, -0.1) is 0 Å². The van der Waals surface area contributed by atoms with E-state index in [0.717, 1.165) is 77.8 Å². The Morgan fingerprint density at radius 3 is 1.19 bits per heavy atom. The van der Waals surface area contributed by atoms with Gasteiger partial charge in [-0.1, -0.05) is 34.1 Å². The number of hydrogen-bond donors (Lipinski definition) is 0. The van der Waals surface area contributed by atoms with Gasteiger partial charge in [-0.2, -0.15) is 0 Å². The lowest BCUT2D eigenvalue weighted by Gasteiger charge is -2.58. The predicted octanol–water partition coefficient (Wildman–Crippen LogP) is 6.90. The molecule has 10 heteroatoms. The zero-order valence-corrected chi connectivity index (χ0v) is 38.8. The molecule has 8 heterocycles. The van der Waals surface area contributed by atoms with Crippen LogP contribution >= 0.6 is 0 Å². The minimum Gasteiger partial charge on any atom is -0.381 e. The van der Waals surface area contributed by atoms with Crippen LogP contribution in [0.3, 0.4) is 0 Å². The Morgan fingerprint density at radius 2 is 0.845 bits per heavy atom. The topological polar surface area (TPSA) is 79.9 Å². The van der Waals surface area contributed by atoms with Crippen molar-refractivity contribution in [3.63, 3.8) is 0 Å². The summed E-state index contributed by atoms with van der Waals surface area (Å²) < 4.78 is 5.26. The number of rotatable bonds is 7. The van der Waals surface area contributed by atoms with Crippen molar-refractivity contribution in [1.29, 1.82) is 0 Å². The van der Waals surface area contributed by atoms with Gasteiger partial charge in [0, 0.05) is 119 Å². The van der Waals surface area contributed by atoms with Gasteiger partial charge in [0.1, 0.15) is 0 Å². The average Bonchev–Trinajstić information content (AvgIpc) is 3.14. The number of fused-ring (bicyclic) bond motifs is 6. The highest BCUT2D eigenvalue weighted by Gasteiger charge is 2.52. The Hall–Kier alpha value is -1.75. The summed E-state index contributed by atoms with van der Waals surface area (Å²) in [6.07, 6.45) is 15.2.